The van der Waals surface area contributed by atoms with Crippen molar-refractivity contribution in [1.82, 2.24) is 0 Å². The molecule has 0 amide bonds. The van der Waals surface area contributed by atoms with E-state index < -0.39 is 6.10 Å². The number of nitrogens with one attached hydrogen (secondary N) is 1. The monoisotopic (exact) mass is 260 g/mol. The van der Waals surface area contributed by atoms with Gasteiger partial charge in [0.25, 0.3) is 0 Å². The van der Waals surface area contributed by atoms with Gasteiger partial charge in [0, 0.05) is 16.2 Å². The summed E-state index contributed by atoms with van der Waals surface area (Å²) in [7, 11) is 0. The minimum atomic E-state index is -0.740. The first kappa shape index (κ1) is 13.3. The molecule has 0 fully saturated rings. The average molecular weight is 261 g/mol. The van der Waals surface area contributed by atoms with Gasteiger partial charge in [-0.25, -0.2) is 0 Å². The number of halogens is 1. The molecular weight excluding hydrogens is 248 g/mol. The molecular formula is C10H13ClN2O2S. The molecule has 1 aromatic rings. The third-order valence-electron chi connectivity index (χ3n) is 1.88. The molecule has 1 unspecified atom stereocenters. The van der Waals surface area contributed by atoms with Crippen molar-refractivity contribution in [2.75, 3.05) is 12.4 Å². The Morgan fingerprint density at radius 2 is 2.25 bits per heavy atom. The summed E-state index contributed by atoms with van der Waals surface area (Å²) >= 11 is 7.31. The highest BCUT2D eigenvalue weighted by Gasteiger charge is 2.07. The zero-order chi connectivity index (χ0) is 12.1. The third kappa shape index (κ3) is 3.68. The molecule has 0 aliphatic carbocycles. The molecule has 4 nitrogen and oxygen atoms in total. The van der Waals surface area contributed by atoms with Crippen LogP contribution in [0.2, 0.25) is 5.02 Å². The van der Waals surface area contributed by atoms with Gasteiger partial charge in [0.1, 0.15) is 5.84 Å². The van der Waals surface area contributed by atoms with Gasteiger partial charge in [0.2, 0.25) is 0 Å². The Morgan fingerprint density at radius 3 is 2.75 bits per heavy atom. The largest absolute Gasteiger partial charge is 0.394 e. The number of benzene rings is 1. The van der Waals surface area contributed by atoms with Gasteiger partial charge in [-0.2, -0.15) is 0 Å². The van der Waals surface area contributed by atoms with E-state index in [0.29, 0.717) is 16.3 Å². The van der Waals surface area contributed by atoms with Crippen LogP contribution in [-0.2, 0) is 0 Å². The van der Waals surface area contributed by atoms with Crippen molar-refractivity contribution in [2.45, 2.75) is 11.0 Å². The van der Waals surface area contributed by atoms with E-state index in [1.807, 2.05) is 0 Å². The summed E-state index contributed by atoms with van der Waals surface area (Å²) in [6.07, 6.45) is -0.740. The topological polar surface area (TPSA) is 90.3 Å². The number of aliphatic hydroxyl groups excluding tert-OH is 2. The van der Waals surface area contributed by atoms with E-state index in [0.717, 1.165) is 4.90 Å². The second kappa shape index (κ2) is 6.10. The molecule has 0 aromatic heterocycles. The highest BCUT2D eigenvalue weighted by atomic mass is 35.5. The number of nitrogens with two attached hydrogens (primary N) is 1. The van der Waals surface area contributed by atoms with Gasteiger partial charge in [0.15, 0.2) is 0 Å². The lowest BCUT2D eigenvalue weighted by Crippen LogP contribution is -2.14. The maximum Gasteiger partial charge on any atom is 0.124 e. The van der Waals surface area contributed by atoms with Crippen LogP contribution >= 0.6 is 23.4 Å². The fourth-order valence-electron chi connectivity index (χ4n) is 1.05. The zero-order valence-electron chi connectivity index (χ0n) is 8.48. The first-order chi connectivity index (χ1) is 7.54. The second-order valence-electron chi connectivity index (χ2n) is 3.20. The van der Waals surface area contributed by atoms with E-state index >= 15 is 0 Å². The lowest BCUT2D eigenvalue weighted by Gasteiger charge is -2.08. The van der Waals surface area contributed by atoms with Crippen molar-refractivity contribution in [3.8, 4) is 0 Å². The molecule has 0 heterocycles. The predicted molar refractivity (Wildman–Crippen MR) is 66.3 cm³/mol. The Balaban J connectivity index is 2.70. The lowest BCUT2D eigenvalue weighted by atomic mass is 10.2. The third-order valence-corrected chi connectivity index (χ3v) is 3.34. The van der Waals surface area contributed by atoms with Gasteiger partial charge >= 0.3 is 0 Å². The summed E-state index contributed by atoms with van der Waals surface area (Å²) in [6, 6.07) is 5.13. The summed E-state index contributed by atoms with van der Waals surface area (Å²) < 4.78 is 0. The van der Waals surface area contributed by atoms with Crippen molar-refractivity contribution in [1.29, 1.82) is 5.41 Å². The number of rotatable bonds is 5. The molecule has 0 spiro atoms. The van der Waals surface area contributed by atoms with Crippen LogP contribution in [0.1, 0.15) is 5.56 Å². The molecule has 5 N–H and O–H groups in total. The van der Waals surface area contributed by atoms with Crippen LogP contribution in [0.3, 0.4) is 0 Å². The highest BCUT2D eigenvalue weighted by molar-refractivity contribution is 7.99. The van der Waals surface area contributed by atoms with E-state index in [2.05, 4.69) is 0 Å². The Labute approximate surface area is 103 Å². The first-order valence-corrected chi connectivity index (χ1v) is 5.96. The molecule has 0 saturated carbocycles. The van der Waals surface area contributed by atoms with Crippen LogP contribution in [0.15, 0.2) is 23.1 Å². The Kier molecular flexibility index (Phi) is 5.08. The second-order valence-corrected chi connectivity index (χ2v) is 4.70. The lowest BCUT2D eigenvalue weighted by molar-refractivity contribution is 0.113. The van der Waals surface area contributed by atoms with Crippen molar-refractivity contribution in [3.05, 3.63) is 28.8 Å². The summed E-state index contributed by atoms with van der Waals surface area (Å²) in [5.41, 5.74) is 5.82. The molecule has 1 aromatic carbocycles. The summed E-state index contributed by atoms with van der Waals surface area (Å²) in [6.45, 7) is -0.258. The predicted octanol–water partition coefficient (Wildman–Crippen LogP) is 1.07. The van der Waals surface area contributed by atoms with E-state index in [1.54, 1.807) is 18.2 Å². The molecule has 0 radical (unpaired) electrons. The SMILES string of the molecule is N=C(N)c1ccc(SCC(O)CO)cc1Cl. The Hall–Kier alpha value is -0.750. The molecule has 6 heteroatoms. The Bertz CT molecular complexity index is 387. The fraction of sp³-hybridized carbons (Fsp3) is 0.300. The maximum absolute atomic E-state index is 9.17. The highest BCUT2D eigenvalue weighted by Crippen LogP contribution is 2.25. The molecule has 1 rings (SSSR count). The van der Waals surface area contributed by atoms with Gasteiger partial charge in [-0.3, -0.25) is 5.41 Å². The molecule has 1 atom stereocenters. The maximum atomic E-state index is 9.17. The van der Waals surface area contributed by atoms with Gasteiger partial charge < -0.3 is 15.9 Å². The van der Waals surface area contributed by atoms with Crippen LogP contribution in [0.4, 0.5) is 0 Å². The summed E-state index contributed by atoms with van der Waals surface area (Å²) in [5.74, 6) is 0.323. The first-order valence-electron chi connectivity index (χ1n) is 4.60. The van der Waals surface area contributed by atoms with Crippen LogP contribution in [0.5, 0.6) is 0 Å². The van der Waals surface area contributed by atoms with Crippen molar-refractivity contribution in [2.24, 2.45) is 5.73 Å². The normalized spacial score (nSPS) is 12.4. The molecule has 0 bridgehead atoms. The number of hydrogen-bond acceptors (Lipinski definition) is 4. The van der Waals surface area contributed by atoms with E-state index in [-0.39, 0.29) is 12.4 Å². The van der Waals surface area contributed by atoms with Crippen molar-refractivity contribution in [3.63, 3.8) is 0 Å². The number of thioether (sulfide) groups is 1. The standard InChI is InChI=1S/C10H13ClN2O2S/c11-9-3-7(16-5-6(15)4-14)1-2-8(9)10(12)13/h1-3,6,14-15H,4-5H2,(H3,12,13). The molecule has 88 valence electrons. The fourth-order valence-corrected chi connectivity index (χ4v) is 2.25. The molecule has 0 aliphatic rings. The summed E-state index contributed by atoms with van der Waals surface area (Å²) in [4.78, 5) is 0.863. The quantitative estimate of drug-likeness (QED) is 0.362. The summed E-state index contributed by atoms with van der Waals surface area (Å²) in [5, 5.41) is 25.5. The number of aliphatic hydroxyl groups is 2. The minimum Gasteiger partial charge on any atom is -0.394 e. The van der Waals surface area contributed by atoms with Crippen LogP contribution in [-0.4, -0.2) is 34.5 Å². The molecule has 16 heavy (non-hydrogen) atoms. The van der Waals surface area contributed by atoms with Gasteiger partial charge in [-0.05, 0) is 18.2 Å². The van der Waals surface area contributed by atoms with Crippen LogP contribution in [0, 0.1) is 5.41 Å². The van der Waals surface area contributed by atoms with E-state index in [9.17, 15) is 5.11 Å². The number of hydrogen-bond donors (Lipinski definition) is 4. The van der Waals surface area contributed by atoms with Gasteiger partial charge in [-0.1, -0.05) is 11.6 Å². The minimum absolute atomic E-state index is 0.0723. The number of nitrogen functional groups attached to an aromatic ring is 1. The van der Waals surface area contributed by atoms with Crippen LogP contribution < -0.4 is 5.73 Å². The smallest absolute Gasteiger partial charge is 0.124 e. The van der Waals surface area contributed by atoms with Crippen molar-refractivity contribution < 1.29 is 10.2 Å². The van der Waals surface area contributed by atoms with Gasteiger partial charge in [-0.15, -0.1) is 11.8 Å². The zero-order valence-corrected chi connectivity index (χ0v) is 10.1. The molecule has 0 aliphatic heterocycles. The van der Waals surface area contributed by atoms with Crippen molar-refractivity contribution >= 4 is 29.2 Å². The Morgan fingerprint density at radius 1 is 1.56 bits per heavy atom. The average Bonchev–Trinajstić information content (AvgIpc) is 2.25. The van der Waals surface area contributed by atoms with Gasteiger partial charge in [0.05, 0.1) is 17.7 Å². The number of amidine groups is 1. The van der Waals surface area contributed by atoms with E-state index in [4.69, 9.17) is 27.9 Å². The van der Waals surface area contributed by atoms with Crippen LogP contribution in [0.25, 0.3) is 0 Å². The molecule has 0 saturated heterocycles. The van der Waals surface area contributed by atoms with E-state index in [1.165, 1.54) is 11.8 Å².